The number of hydrogen-bond donors (Lipinski definition) is 3. The number of carboxylic acid groups (broad SMARTS) is 1. The highest BCUT2D eigenvalue weighted by Crippen LogP contribution is 2.47. The molecular formula is C19H23NO6. The minimum absolute atomic E-state index is 0.0515. The first-order valence-electron chi connectivity index (χ1n) is 9.14. The van der Waals surface area contributed by atoms with Crippen molar-refractivity contribution in [1.29, 1.82) is 0 Å². The van der Waals surface area contributed by atoms with Crippen LogP contribution in [0.15, 0.2) is 18.2 Å². The monoisotopic (exact) mass is 361 g/mol. The van der Waals surface area contributed by atoms with Gasteiger partial charge in [0.25, 0.3) is 0 Å². The molecule has 1 amide bonds. The number of carboxylic acids is 1. The maximum absolute atomic E-state index is 12.2. The molecule has 1 aliphatic carbocycles. The molecular weight excluding hydrogens is 338 g/mol. The molecule has 0 radical (unpaired) electrons. The van der Waals surface area contributed by atoms with Crippen LogP contribution in [0.25, 0.3) is 0 Å². The summed E-state index contributed by atoms with van der Waals surface area (Å²) < 4.78 is 11.7. The third-order valence-corrected chi connectivity index (χ3v) is 5.65. The van der Waals surface area contributed by atoms with Crippen molar-refractivity contribution in [3.05, 3.63) is 23.8 Å². The summed E-state index contributed by atoms with van der Waals surface area (Å²) in [5, 5.41) is 21.7. The number of carbonyl (C=O) groups excluding carboxylic acids is 1. The summed E-state index contributed by atoms with van der Waals surface area (Å²) in [6, 6.07) is 5.55. The first kappa shape index (κ1) is 17.3. The molecule has 7 nitrogen and oxygen atoms in total. The largest absolute Gasteiger partial charge is 0.487 e. The molecule has 2 heterocycles. The predicted molar refractivity (Wildman–Crippen MR) is 92.2 cm³/mol. The van der Waals surface area contributed by atoms with Gasteiger partial charge in [-0.05, 0) is 37.5 Å². The third kappa shape index (κ3) is 3.17. The number of anilines is 1. The molecule has 1 aromatic carbocycles. The summed E-state index contributed by atoms with van der Waals surface area (Å²) in [5.41, 5.74) is 1.67. The predicted octanol–water partition coefficient (Wildman–Crippen LogP) is 1.89. The molecule has 0 aromatic heterocycles. The zero-order valence-corrected chi connectivity index (χ0v) is 14.4. The number of aliphatic carboxylic acids is 1. The Labute approximate surface area is 151 Å². The Balaban J connectivity index is 1.54. The SMILES string of the molecule is O=C(O)C[C@@H]1C[C@@H]2c3cc(NC(=O)C4CCC4)ccc3O[C@@H]2[C@H](CO)O1. The normalized spacial score (nSPS) is 29.9. The van der Waals surface area contributed by atoms with E-state index in [1.54, 1.807) is 0 Å². The topological polar surface area (TPSA) is 105 Å². The number of ether oxygens (including phenoxy) is 2. The lowest BCUT2D eigenvalue weighted by molar-refractivity contribution is -0.153. The highest BCUT2D eigenvalue weighted by Gasteiger charge is 2.46. The molecule has 2 fully saturated rings. The van der Waals surface area contributed by atoms with E-state index in [1.165, 1.54) is 0 Å². The Bertz CT molecular complexity index is 716. The highest BCUT2D eigenvalue weighted by atomic mass is 16.6. The molecule has 140 valence electrons. The lowest BCUT2D eigenvalue weighted by Gasteiger charge is -2.36. The van der Waals surface area contributed by atoms with Crippen molar-refractivity contribution in [3.8, 4) is 5.75 Å². The number of nitrogens with one attached hydrogen (secondary N) is 1. The minimum atomic E-state index is -0.925. The Morgan fingerprint density at radius 1 is 1.27 bits per heavy atom. The third-order valence-electron chi connectivity index (χ3n) is 5.65. The Morgan fingerprint density at radius 2 is 2.08 bits per heavy atom. The van der Waals surface area contributed by atoms with Gasteiger partial charge in [-0.3, -0.25) is 9.59 Å². The summed E-state index contributed by atoms with van der Waals surface area (Å²) in [6.45, 7) is -0.226. The number of aliphatic hydroxyl groups is 1. The van der Waals surface area contributed by atoms with Crippen LogP contribution in [-0.2, 0) is 14.3 Å². The molecule has 7 heteroatoms. The molecule has 4 rings (SSSR count). The zero-order chi connectivity index (χ0) is 18.3. The summed E-state index contributed by atoms with van der Waals surface area (Å²) in [6.07, 6.45) is 2.04. The van der Waals surface area contributed by atoms with Crippen LogP contribution in [0.4, 0.5) is 5.69 Å². The van der Waals surface area contributed by atoms with Gasteiger partial charge in [0, 0.05) is 23.1 Å². The van der Waals surface area contributed by atoms with E-state index >= 15 is 0 Å². The van der Waals surface area contributed by atoms with Gasteiger partial charge in [0.2, 0.25) is 5.91 Å². The van der Waals surface area contributed by atoms with E-state index in [0.29, 0.717) is 12.2 Å². The second-order valence-electron chi connectivity index (χ2n) is 7.37. The second-order valence-corrected chi connectivity index (χ2v) is 7.37. The van der Waals surface area contributed by atoms with Crippen LogP contribution >= 0.6 is 0 Å². The molecule has 4 atom stereocenters. The molecule has 0 bridgehead atoms. The van der Waals surface area contributed by atoms with Crippen molar-refractivity contribution in [2.45, 2.75) is 56.3 Å². The van der Waals surface area contributed by atoms with Gasteiger partial charge in [-0.15, -0.1) is 0 Å². The van der Waals surface area contributed by atoms with E-state index in [1.807, 2.05) is 18.2 Å². The van der Waals surface area contributed by atoms with Crippen molar-refractivity contribution in [2.24, 2.45) is 5.92 Å². The van der Waals surface area contributed by atoms with E-state index < -0.39 is 18.2 Å². The van der Waals surface area contributed by atoms with Gasteiger partial charge in [-0.2, -0.15) is 0 Å². The maximum Gasteiger partial charge on any atom is 0.305 e. The first-order valence-corrected chi connectivity index (χ1v) is 9.14. The van der Waals surface area contributed by atoms with E-state index in [0.717, 1.165) is 30.5 Å². The first-order chi connectivity index (χ1) is 12.5. The van der Waals surface area contributed by atoms with Gasteiger partial charge >= 0.3 is 5.97 Å². The summed E-state index contributed by atoms with van der Waals surface area (Å²) in [4.78, 5) is 23.2. The standard InChI is InChI=1S/C19H23NO6/c21-9-16-18-14(7-12(25-16)8-17(22)23)13-6-11(4-5-15(13)26-18)20-19(24)10-2-1-3-10/h4-6,10,12,14,16,18,21H,1-3,7-9H2,(H,20,24)(H,22,23)/t12-,14+,16-,18-/m0/s1. The van der Waals surface area contributed by atoms with Gasteiger partial charge in [-0.25, -0.2) is 0 Å². The lowest BCUT2D eigenvalue weighted by atomic mass is 9.83. The van der Waals surface area contributed by atoms with E-state index in [4.69, 9.17) is 14.6 Å². The number of fused-ring (bicyclic) bond motifs is 3. The molecule has 26 heavy (non-hydrogen) atoms. The average molecular weight is 361 g/mol. The summed E-state index contributed by atoms with van der Waals surface area (Å²) in [5.74, 6) is -0.115. The van der Waals surface area contributed by atoms with Gasteiger partial charge < -0.3 is 25.0 Å². The number of carbonyl (C=O) groups is 2. The molecule has 1 saturated carbocycles. The van der Waals surface area contributed by atoms with Crippen molar-refractivity contribution in [1.82, 2.24) is 0 Å². The molecule has 3 aliphatic rings. The lowest BCUT2D eigenvalue weighted by Crippen LogP contribution is -2.46. The van der Waals surface area contributed by atoms with Crippen LogP contribution in [-0.4, -0.2) is 47.0 Å². The molecule has 2 aliphatic heterocycles. The highest BCUT2D eigenvalue weighted by molar-refractivity contribution is 5.93. The van der Waals surface area contributed by atoms with Crippen LogP contribution in [0, 0.1) is 5.92 Å². The van der Waals surface area contributed by atoms with E-state index in [2.05, 4.69) is 5.32 Å². The second kappa shape index (κ2) is 6.89. The van der Waals surface area contributed by atoms with Crippen LogP contribution in [0.1, 0.15) is 43.6 Å². The molecule has 1 saturated heterocycles. The van der Waals surface area contributed by atoms with Crippen LogP contribution < -0.4 is 10.1 Å². The fraction of sp³-hybridized carbons (Fsp3) is 0.579. The maximum atomic E-state index is 12.2. The Morgan fingerprint density at radius 3 is 2.73 bits per heavy atom. The van der Waals surface area contributed by atoms with Crippen LogP contribution in [0.3, 0.4) is 0 Å². The smallest absolute Gasteiger partial charge is 0.305 e. The van der Waals surface area contributed by atoms with Gasteiger partial charge in [-0.1, -0.05) is 6.42 Å². The van der Waals surface area contributed by atoms with Crippen LogP contribution in [0.2, 0.25) is 0 Å². The van der Waals surface area contributed by atoms with Crippen molar-refractivity contribution >= 4 is 17.6 Å². The zero-order valence-electron chi connectivity index (χ0n) is 14.4. The number of benzene rings is 1. The van der Waals surface area contributed by atoms with Gasteiger partial charge in [0.1, 0.15) is 18.0 Å². The molecule has 0 unspecified atom stereocenters. The van der Waals surface area contributed by atoms with Crippen molar-refractivity contribution in [2.75, 3.05) is 11.9 Å². The molecule has 0 spiro atoms. The van der Waals surface area contributed by atoms with Crippen molar-refractivity contribution in [3.63, 3.8) is 0 Å². The number of amides is 1. The fourth-order valence-electron chi connectivity index (χ4n) is 4.08. The Hall–Kier alpha value is -2.12. The van der Waals surface area contributed by atoms with E-state index in [9.17, 15) is 14.7 Å². The molecule has 3 N–H and O–H groups in total. The quantitative estimate of drug-likeness (QED) is 0.740. The average Bonchev–Trinajstić information content (AvgIpc) is 2.90. The number of aliphatic hydroxyl groups excluding tert-OH is 1. The summed E-state index contributed by atoms with van der Waals surface area (Å²) in [7, 11) is 0. The Kier molecular flexibility index (Phi) is 4.58. The molecule has 1 aromatic rings. The van der Waals surface area contributed by atoms with E-state index in [-0.39, 0.29) is 36.9 Å². The number of hydrogen-bond acceptors (Lipinski definition) is 5. The fourth-order valence-corrected chi connectivity index (χ4v) is 4.08. The van der Waals surface area contributed by atoms with Gasteiger partial charge in [0.15, 0.2) is 0 Å². The minimum Gasteiger partial charge on any atom is -0.487 e. The van der Waals surface area contributed by atoms with Gasteiger partial charge in [0.05, 0.1) is 19.1 Å². The number of rotatable bonds is 5. The van der Waals surface area contributed by atoms with Crippen molar-refractivity contribution < 1.29 is 29.3 Å². The summed E-state index contributed by atoms with van der Waals surface area (Å²) >= 11 is 0. The van der Waals surface area contributed by atoms with Crippen LogP contribution in [0.5, 0.6) is 5.75 Å².